The third kappa shape index (κ3) is 3.40. The fraction of sp³-hybridized carbons (Fsp3) is 0.333. The van der Waals surface area contributed by atoms with Crippen molar-refractivity contribution in [3.05, 3.63) is 64.2 Å². The predicted octanol–water partition coefficient (Wildman–Crippen LogP) is 3.28. The average molecular weight is 365 g/mol. The molecule has 2 aromatic carbocycles. The highest BCUT2D eigenvalue weighted by Gasteiger charge is 2.29. The van der Waals surface area contributed by atoms with Gasteiger partial charge in [-0.25, -0.2) is 4.98 Å². The third-order valence-electron chi connectivity index (χ3n) is 5.17. The zero-order valence-corrected chi connectivity index (χ0v) is 15.6. The van der Waals surface area contributed by atoms with Crippen LogP contribution in [0.5, 0.6) is 11.5 Å². The van der Waals surface area contributed by atoms with Crippen LogP contribution in [0.15, 0.2) is 47.3 Å². The maximum Gasteiger partial charge on any atom is 0.258 e. The molecule has 1 saturated heterocycles. The molecule has 0 bridgehead atoms. The van der Waals surface area contributed by atoms with E-state index in [0.29, 0.717) is 17.8 Å². The molecule has 2 heterocycles. The van der Waals surface area contributed by atoms with Gasteiger partial charge in [0.1, 0.15) is 17.3 Å². The number of aromatic amines is 1. The molecule has 0 saturated carbocycles. The summed E-state index contributed by atoms with van der Waals surface area (Å²) in [5.74, 6) is 2.36. The number of para-hydroxylation sites is 1. The number of hydrogen-bond acceptors (Lipinski definition) is 5. The van der Waals surface area contributed by atoms with Crippen molar-refractivity contribution in [2.75, 3.05) is 20.8 Å². The highest BCUT2D eigenvalue weighted by Crippen LogP contribution is 2.39. The van der Waals surface area contributed by atoms with E-state index in [9.17, 15) is 4.79 Å². The van der Waals surface area contributed by atoms with Gasteiger partial charge in [-0.3, -0.25) is 9.69 Å². The summed E-state index contributed by atoms with van der Waals surface area (Å²) in [4.78, 5) is 22.3. The number of aromatic nitrogens is 2. The van der Waals surface area contributed by atoms with Crippen molar-refractivity contribution in [3.8, 4) is 11.5 Å². The molecule has 6 heteroatoms. The first-order chi connectivity index (χ1) is 13.2. The first-order valence-electron chi connectivity index (χ1n) is 9.13. The lowest BCUT2D eigenvalue weighted by atomic mass is 10.0. The zero-order chi connectivity index (χ0) is 18.8. The van der Waals surface area contributed by atoms with Crippen molar-refractivity contribution in [1.29, 1.82) is 0 Å². The van der Waals surface area contributed by atoms with Crippen LogP contribution in [0, 0.1) is 0 Å². The fourth-order valence-corrected chi connectivity index (χ4v) is 3.87. The zero-order valence-electron chi connectivity index (χ0n) is 15.6. The number of rotatable bonds is 5. The van der Waals surface area contributed by atoms with Crippen molar-refractivity contribution < 1.29 is 9.47 Å². The standard InChI is InChI=1S/C21H23N3O3/c1-26-14-9-10-19(27-2)16(12-14)18-8-5-11-24(18)13-20-22-17-7-4-3-6-15(17)21(25)23-20/h3-4,6-7,9-10,12,18H,5,8,11,13H2,1-2H3,(H,22,23,25)/t18-/m1/s1. The van der Waals surface area contributed by atoms with Gasteiger partial charge in [-0.2, -0.15) is 0 Å². The van der Waals surface area contributed by atoms with E-state index in [0.717, 1.165) is 42.0 Å². The molecule has 3 aromatic rings. The molecule has 1 aliphatic heterocycles. The molecule has 0 unspecified atom stereocenters. The summed E-state index contributed by atoms with van der Waals surface area (Å²) in [6, 6.07) is 13.5. The van der Waals surface area contributed by atoms with Gasteiger partial charge in [0, 0.05) is 11.6 Å². The lowest BCUT2D eigenvalue weighted by molar-refractivity contribution is 0.236. The maximum atomic E-state index is 12.4. The molecular formula is C21H23N3O3. The number of likely N-dealkylation sites (tertiary alicyclic amines) is 1. The van der Waals surface area contributed by atoms with Gasteiger partial charge < -0.3 is 14.5 Å². The Kier molecular flexibility index (Phi) is 4.81. The minimum Gasteiger partial charge on any atom is -0.497 e. The summed E-state index contributed by atoms with van der Waals surface area (Å²) >= 11 is 0. The summed E-state index contributed by atoms with van der Waals surface area (Å²) < 4.78 is 11.0. The Hall–Kier alpha value is -2.86. The Labute approximate surface area is 157 Å². The van der Waals surface area contributed by atoms with E-state index in [1.807, 2.05) is 36.4 Å². The molecular weight excluding hydrogens is 342 g/mol. The van der Waals surface area contributed by atoms with Crippen LogP contribution in [0.1, 0.15) is 30.3 Å². The Balaban J connectivity index is 1.66. The van der Waals surface area contributed by atoms with E-state index < -0.39 is 0 Å². The molecule has 140 valence electrons. The monoisotopic (exact) mass is 365 g/mol. The second kappa shape index (κ2) is 7.40. The maximum absolute atomic E-state index is 12.4. The van der Waals surface area contributed by atoms with E-state index in [-0.39, 0.29) is 11.6 Å². The van der Waals surface area contributed by atoms with Crippen molar-refractivity contribution in [2.24, 2.45) is 0 Å². The summed E-state index contributed by atoms with van der Waals surface area (Å²) in [6.45, 7) is 1.53. The number of nitrogens with zero attached hydrogens (tertiary/aromatic N) is 2. The lowest BCUT2D eigenvalue weighted by Crippen LogP contribution is -2.26. The van der Waals surface area contributed by atoms with Crippen LogP contribution < -0.4 is 15.0 Å². The number of benzene rings is 2. The minimum absolute atomic E-state index is 0.0923. The van der Waals surface area contributed by atoms with Crippen LogP contribution in [0.25, 0.3) is 10.9 Å². The van der Waals surface area contributed by atoms with Crippen LogP contribution >= 0.6 is 0 Å². The first kappa shape index (κ1) is 17.5. The highest BCUT2D eigenvalue weighted by molar-refractivity contribution is 5.77. The smallest absolute Gasteiger partial charge is 0.258 e. The average Bonchev–Trinajstić information content (AvgIpc) is 3.15. The van der Waals surface area contributed by atoms with E-state index in [1.165, 1.54) is 0 Å². The van der Waals surface area contributed by atoms with Gasteiger partial charge in [0.25, 0.3) is 5.56 Å². The van der Waals surface area contributed by atoms with Gasteiger partial charge in [0.05, 0.1) is 31.7 Å². The Morgan fingerprint density at radius 3 is 2.85 bits per heavy atom. The number of nitrogens with one attached hydrogen (secondary N) is 1. The number of hydrogen-bond donors (Lipinski definition) is 1. The highest BCUT2D eigenvalue weighted by atomic mass is 16.5. The summed E-state index contributed by atoms with van der Waals surface area (Å²) in [7, 11) is 3.36. The van der Waals surface area contributed by atoms with Gasteiger partial charge >= 0.3 is 0 Å². The van der Waals surface area contributed by atoms with Crippen LogP contribution in [0.2, 0.25) is 0 Å². The van der Waals surface area contributed by atoms with E-state index in [4.69, 9.17) is 9.47 Å². The van der Waals surface area contributed by atoms with Crippen molar-refractivity contribution >= 4 is 10.9 Å². The Morgan fingerprint density at radius 2 is 2.04 bits per heavy atom. The first-order valence-corrected chi connectivity index (χ1v) is 9.13. The molecule has 0 spiro atoms. The summed E-state index contributed by atoms with van der Waals surface area (Å²) in [5, 5.41) is 0.619. The number of ether oxygens (including phenoxy) is 2. The predicted molar refractivity (Wildman–Crippen MR) is 104 cm³/mol. The molecule has 1 N–H and O–H groups in total. The molecule has 6 nitrogen and oxygen atoms in total. The van der Waals surface area contributed by atoms with Crippen molar-refractivity contribution in [3.63, 3.8) is 0 Å². The quantitative estimate of drug-likeness (QED) is 0.752. The molecule has 0 aliphatic carbocycles. The Bertz CT molecular complexity index is 1010. The number of fused-ring (bicyclic) bond motifs is 1. The van der Waals surface area contributed by atoms with E-state index in [2.05, 4.69) is 14.9 Å². The third-order valence-corrected chi connectivity index (χ3v) is 5.17. The lowest BCUT2D eigenvalue weighted by Gasteiger charge is -2.26. The van der Waals surface area contributed by atoms with Crippen LogP contribution in [0.3, 0.4) is 0 Å². The molecule has 0 radical (unpaired) electrons. The molecule has 1 aromatic heterocycles. The minimum atomic E-state index is -0.0923. The fourth-order valence-electron chi connectivity index (χ4n) is 3.87. The van der Waals surface area contributed by atoms with Gasteiger partial charge in [-0.15, -0.1) is 0 Å². The van der Waals surface area contributed by atoms with E-state index >= 15 is 0 Å². The molecule has 4 rings (SSSR count). The largest absolute Gasteiger partial charge is 0.497 e. The second-order valence-corrected chi connectivity index (χ2v) is 6.77. The van der Waals surface area contributed by atoms with Crippen molar-refractivity contribution in [2.45, 2.75) is 25.4 Å². The molecule has 27 heavy (non-hydrogen) atoms. The van der Waals surface area contributed by atoms with Crippen molar-refractivity contribution in [1.82, 2.24) is 14.9 Å². The second-order valence-electron chi connectivity index (χ2n) is 6.77. The van der Waals surface area contributed by atoms with Gasteiger partial charge in [-0.1, -0.05) is 12.1 Å². The topological polar surface area (TPSA) is 67.5 Å². The van der Waals surface area contributed by atoms with Gasteiger partial charge in [0.15, 0.2) is 0 Å². The molecule has 1 aliphatic rings. The number of methoxy groups -OCH3 is 2. The summed E-state index contributed by atoms with van der Waals surface area (Å²) in [5.41, 5.74) is 1.74. The molecule has 0 amide bonds. The van der Waals surface area contributed by atoms with Crippen LogP contribution in [0.4, 0.5) is 0 Å². The summed E-state index contributed by atoms with van der Waals surface area (Å²) in [6.07, 6.45) is 2.12. The van der Waals surface area contributed by atoms with Crippen LogP contribution in [-0.4, -0.2) is 35.6 Å². The van der Waals surface area contributed by atoms with Gasteiger partial charge in [0.2, 0.25) is 0 Å². The van der Waals surface area contributed by atoms with E-state index in [1.54, 1.807) is 20.3 Å². The van der Waals surface area contributed by atoms with Gasteiger partial charge in [-0.05, 0) is 49.7 Å². The molecule has 1 fully saturated rings. The number of H-pyrrole nitrogens is 1. The SMILES string of the molecule is COc1ccc(OC)c([C@H]2CCCN2Cc2nc3ccccc3c(=O)[nH]2)c1. The molecule has 1 atom stereocenters. The normalized spacial score (nSPS) is 17.3. The van der Waals surface area contributed by atoms with Crippen LogP contribution in [-0.2, 0) is 6.54 Å². The Morgan fingerprint density at radius 1 is 1.19 bits per heavy atom.